The minimum atomic E-state index is -0.604. The molecular formula is C16H12Cl2FNO. The number of hydrogen-bond acceptors (Lipinski definition) is 2. The molecule has 2 rings (SSSR count). The molecule has 2 aromatic carbocycles. The van der Waals surface area contributed by atoms with Gasteiger partial charge in [-0.3, -0.25) is 0 Å². The summed E-state index contributed by atoms with van der Waals surface area (Å²) in [5.41, 5.74) is 1.15. The standard InChI is InChI=1S/C16H12Cl2FNO/c1-21-16-6-5-11(19)8-12(16)10(9-20)7-13-14(17)3-2-4-15(13)18/h2-6,8,10H,7H2,1H3. The van der Waals surface area contributed by atoms with E-state index in [9.17, 15) is 9.65 Å². The molecule has 0 fully saturated rings. The van der Waals surface area contributed by atoms with Crippen molar-refractivity contribution in [3.63, 3.8) is 0 Å². The van der Waals surface area contributed by atoms with Crippen LogP contribution < -0.4 is 4.74 Å². The first kappa shape index (κ1) is 15.6. The molecule has 0 aliphatic rings. The number of halogens is 3. The molecule has 108 valence electrons. The van der Waals surface area contributed by atoms with Crippen LogP contribution in [-0.2, 0) is 6.42 Å². The van der Waals surface area contributed by atoms with E-state index in [1.807, 2.05) is 0 Å². The zero-order valence-electron chi connectivity index (χ0n) is 11.2. The van der Waals surface area contributed by atoms with Gasteiger partial charge in [-0.25, -0.2) is 4.39 Å². The van der Waals surface area contributed by atoms with Gasteiger partial charge in [0.15, 0.2) is 0 Å². The normalized spacial score (nSPS) is 11.8. The summed E-state index contributed by atoms with van der Waals surface area (Å²) in [7, 11) is 1.48. The van der Waals surface area contributed by atoms with E-state index in [1.54, 1.807) is 18.2 Å². The zero-order valence-corrected chi connectivity index (χ0v) is 12.7. The van der Waals surface area contributed by atoms with Gasteiger partial charge in [0.2, 0.25) is 0 Å². The van der Waals surface area contributed by atoms with Crippen molar-refractivity contribution < 1.29 is 9.13 Å². The average molecular weight is 324 g/mol. The third-order valence-electron chi connectivity index (χ3n) is 3.19. The highest BCUT2D eigenvalue weighted by Crippen LogP contribution is 2.34. The van der Waals surface area contributed by atoms with Gasteiger partial charge in [0.25, 0.3) is 0 Å². The smallest absolute Gasteiger partial charge is 0.123 e. The summed E-state index contributed by atoms with van der Waals surface area (Å²) >= 11 is 12.2. The number of hydrogen-bond donors (Lipinski definition) is 0. The summed E-state index contributed by atoms with van der Waals surface area (Å²) in [6.45, 7) is 0. The number of ether oxygens (including phenoxy) is 1. The second kappa shape index (κ2) is 6.80. The van der Waals surface area contributed by atoms with E-state index in [4.69, 9.17) is 27.9 Å². The maximum Gasteiger partial charge on any atom is 0.123 e. The largest absolute Gasteiger partial charge is 0.496 e. The van der Waals surface area contributed by atoms with E-state index in [-0.39, 0.29) is 6.42 Å². The molecular weight excluding hydrogens is 312 g/mol. The fourth-order valence-electron chi connectivity index (χ4n) is 2.13. The van der Waals surface area contributed by atoms with Gasteiger partial charge in [-0.05, 0) is 42.3 Å². The molecule has 0 N–H and O–H groups in total. The Hall–Kier alpha value is -1.76. The molecule has 2 nitrogen and oxygen atoms in total. The summed E-state index contributed by atoms with van der Waals surface area (Å²) < 4.78 is 18.7. The Morgan fingerprint density at radius 1 is 1.24 bits per heavy atom. The van der Waals surface area contributed by atoms with Crippen LogP contribution in [0.5, 0.6) is 5.75 Å². The molecule has 0 heterocycles. The van der Waals surface area contributed by atoms with E-state index < -0.39 is 11.7 Å². The maximum atomic E-state index is 13.5. The van der Waals surface area contributed by atoms with Crippen molar-refractivity contribution in [3.05, 3.63) is 63.4 Å². The van der Waals surface area contributed by atoms with Crippen LogP contribution in [0.25, 0.3) is 0 Å². The topological polar surface area (TPSA) is 33.0 Å². The molecule has 2 aromatic rings. The van der Waals surface area contributed by atoms with E-state index in [1.165, 1.54) is 25.3 Å². The molecule has 0 saturated heterocycles. The molecule has 0 radical (unpaired) electrons. The van der Waals surface area contributed by atoms with Crippen molar-refractivity contribution in [1.29, 1.82) is 5.26 Å². The van der Waals surface area contributed by atoms with Crippen LogP contribution in [-0.4, -0.2) is 7.11 Å². The number of rotatable bonds is 4. The minimum Gasteiger partial charge on any atom is -0.496 e. The van der Waals surface area contributed by atoms with Crippen LogP contribution in [0, 0.1) is 17.1 Å². The lowest BCUT2D eigenvalue weighted by molar-refractivity contribution is 0.406. The maximum absolute atomic E-state index is 13.5. The van der Waals surface area contributed by atoms with E-state index >= 15 is 0 Å². The Morgan fingerprint density at radius 3 is 2.48 bits per heavy atom. The molecule has 0 aliphatic carbocycles. The first-order chi connectivity index (χ1) is 10.1. The minimum absolute atomic E-state index is 0.287. The van der Waals surface area contributed by atoms with E-state index in [2.05, 4.69) is 6.07 Å². The van der Waals surface area contributed by atoms with Gasteiger partial charge in [-0.1, -0.05) is 29.3 Å². The van der Waals surface area contributed by atoms with Gasteiger partial charge < -0.3 is 4.74 Å². The Kier molecular flexibility index (Phi) is 5.06. The Morgan fingerprint density at radius 2 is 1.90 bits per heavy atom. The number of methoxy groups -OCH3 is 1. The average Bonchev–Trinajstić information content (AvgIpc) is 2.47. The van der Waals surface area contributed by atoms with Crippen LogP contribution >= 0.6 is 23.2 Å². The highest BCUT2D eigenvalue weighted by molar-refractivity contribution is 6.36. The SMILES string of the molecule is COc1ccc(F)cc1C(C#N)Cc1c(Cl)cccc1Cl. The van der Waals surface area contributed by atoms with E-state index in [0.717, 1.165) is 0 Å². The molecule has 5 heteroatoms. The highest BCUT2D eigenvalue weighted by atomic mass is 35.5. The summed E-state index contributed by atoms with van der Waals surface area (Å²) in [6, 6.07) is 11.4. The summed E-state index contributed by atoms with van der Waals surface area (Å²) in [5, 5.41) is 10.4. The van der Waals surface area contributed by atoms with Crippen molar-refractivity contribution in [2.24, 2.45) is 0 Å². The number of nitriles is 1. The third kappa shape index (κ3) is 3.47. The molecule has 0 amide bonds. The summed E-state index contributed by atoms with van der Waals surface area (Å²) in [6.07, 6.45) is 0.287. The van der Waals surface area contributed by atoms with Crippen LogP contribution in [0.1, 0.15) is 17.0 Å². The fraction of sp³-hybridized carbons (Fsp3) is 0.188. The van der Waals surface area contributed by atoms with Gasteiger partial charge in [0.05, 0.1) is 19.1 Å². The molecule has 1 atom stereocenters. The molecule has 0 saturated carbocycles. The number of benzene rings is 2. The highest BCUT2D eigenvalue weighted by Gasteiger charge is 2.20. The van der Waals surface area contributed by atoms with Gasteiger partial charge in [-0.2, -0.15) is 5.26 Å². The fourth-order valence-corrected chi connectivity index (χ4v) is 2.69. The lowest BCUT2D eigenvalue weighted by Gasteiger charge is -2.15. The first-order valence-electron chi connectivity index (χ1n) is 6.22. The van der Waals surface area contributed by atoms with Gasteiger partial charge in [0, 0.05) is 15.6 Å². The predicted octanol–water partition coefficient (Wildman–Crippen LogP) is 4.99. The van der Waals surface area contributed by atoms with Crippen LogP contribution in [0.15, 0.2) is 36.4 Å². The molecule has 0 bridgehead atoms. The van der Waals surface area contributed by atoms with Crippen molar-refractivity contribution in [1.82, 2.24) is 0 Å². The van der Waals surface area contributed by atoms with Crippen LogP contribution in [0.4, 0.5) is 4.39 Å². The molecule has 21 heavy (non-hydrogen) atoms. The van der Waals surface area contributed by atoms with Crippen LogP contribution in [0.3, 0.4) is 0 Å². The van der Waals surface area contributed by atoms with Crippen molar-refractivity contribution in [2.75, 3.05) is 7.11 Å². The Balaban J connectivity index is 2.42. The summed E-state index contributed by atoms with van der Waals surface area (Å²) in [5.74, 6) is -0.560. The number of nitrogens with zero attached hydrogens (tertiary/aromatic N) is 1. The third-order valence-corrected chi connectivity index (χ3v) is 3.90. The predicted molar refractivity (Wildman–Crippen MR) is 81.5 cm³/mol. The van der Waals surface area contributed by atoms with Gasteiger partial charge in [0.1, 0.15) is 11.6 Å². The van der Waals surface area contributed by atoms with Crippen molar-refractivity contribution in [3.8, 4) is 11.8 Å². The summed E-state index contributed by atoms with van der Waals surface area (Å²) in [4.78, 5) is 0. The second-order valence-electron chi connectivity index (χ2n) is 4.47. The molecule has 1 unspecified atom stereocenters. The zero-order chi connectivity index (χ0) is 15.4. The quantitative estimate of drug-likeness (QED) is 0.794. The van der Waals surface area contributed by atoms with Gasteiger partial charge >= 0.3 is 0 Å². The second-order valence-corrected chi connectivity index (χ2v) is 5.29. The van der Waals surface area contributed by atoms with Crippen molar-refractivity contribution in [2.45, 2.75) is 12.3 Å². The molecule has 0 spiro atoms. The Labute approximate surface area is 132 Å². The van der Waals surface area contributed by atoms with Crippen LogP contribution in [0.2, 0.25) is 10.0 Å². The molecule has 0 aromatic heterocycles. The lowest BCUT2D eigenvalue weighted by Crippen LogP contribution is -2.04. The lowest BCUT2D eigenvalue weighted by atomic mass is 9.92. The van der Waals surface area contributed by atoms with Crippen molar-refractivity contribution >= 4 is 23.2 Å². The monoisotopic (exact) mass is 323 g/mol. The Bertz CT molecular complexity index is 677. The molecule has 0 aliphatic heterocycles. The van der Waals surface area contributed by atoms with Gasteiger partial charge in [-0.15, -0.1) is 0 Å². The first-order valence-corrected chi connectivity index (χ1v) is 6.98. The van der Waals surface area contributed by atoms with E-state index in [0.29, 0.717) is 26.9 Å².